The maximum atomic E-state index is 11.5. The van der Waals surface area contributed by atoms with E-state index in [-0.39, 0.29) is 12.1 Å². The maximum Gasteiger partial charge on any atom is 0.407 e. The number of carbonyl (C=O) groups excluding carboxylic acids is 2. The van der Waals surface area contributed by atoms with E-state index < -0.39 is 11.7 Å². The van der Waals surface area contributed by atoms with Crippen LogP contribution in [0.1, 0.15) is 46.5 Å². The SMILES string of the molecule is COC(=O)C1CN(CCCCCCNC(=O)OC(C)(C)C)CCO1. The Kier molecular flexibility index (Phi) is 9.07. The molecule has 7 heteroatoms. The molecule has 1 saturated heterocycles. The Balaban J connectivity index is 2.02. The first kappa shape index (κ1) is 20.7. The van der Waals surface area contributed by atoms with Crippen molar-refractivity contribution in [2.75, 3.05) is 39.9 Å². The number of morpholine rings is 1. The number of nitrogens with zero attached hydrogens (tertiary/aromatic N) is 1. The normalized spacial score (nSPS) is 18.9. The maximum absolute atomic E-state index is 11.5. The average molecular weight is 344 g/mol. The predicted octanol–water partition coefficient (Wildman–Crippen LogP) is 1.95. The van der Waals surface area contributed by atoms with E-state index in [1.807, 2.05) is 20.8 Å². The lowest BCUT2D eigenvalue weighted by molar-refractivity contribution is -0.159. The number of ether oxygens (including phenoxy) is 3. The summed E-state index contributed by atoms with van der Waals surface area (Å²) < 4.78 is 15.3. The van der Waals surface area contributed by atoms with Crippen molar-refractivity contribution in [3.8, 4) is 0 Å². The summed E-state index contributed by atoms with van der Waals surface area (Å²) in [4.78, 5) is 25.2. The molecule has 0 aliphatic carbocycles. The van der Waals surface area contributed by atoms with Crippen molar-refractivity contribution in [3.63, 3.8) is 0 Å². The van der Waals surface area contributed by atoms with Gasteiger partial charge in [-0.25, -0.2) is 9.59 Å². The van der Waals surface area contributed by atoms with Crippen LogP contribution in [0.25, 0.3) is 0 Å². The van der Waals surface area contributed by atoms with Crippen molar-refractivity contribution < 1.29 is 23.8 Å². The Morgan fingerprint density at radius 2 is 1.92 bits per heavy atom. The largest absolute Gasteiger partial charge is 0.467 e. The van der Waals surface area contributed by atoms with Crippen LogP contribution in [0.3, 0.4) is 0 Å². The van der Waals surface area contributed by atoms with E-state index >= 15 is 0 Å². The van der Waals surface area contributed by atoms with Gasteiger partial charge in [0.1, 0.15) is 5.60 Å². The zero-order valence-electron chi connectivity index (χ0n) is 15.4. The molecule has 1 aliphatic heterocycles. The number of esters is 1. The molecule has 7 nitrogen and oxygen atoms in total. The van der Waals surface area contributed by atoms with Crippen molar-refractivity contribution in [1.29, 1.82) is 0 Å². The third kappa shape index (κ3) is 9.08. The molecule has 24 heavy (non-hydrogen) atoms. The van der Waals surface area contributed by atoms with Crippen LogP contribution in [0, 0.1) is 0 Å². The van der Waals surface area contributed by atoms with E-state index in [4.69, 9.17) is 14.2 Å². The van der Waals surface area contributed by atoms with Gasteiger partial charge in [0.05, 0.1) is 13.7 Å². The van der Waals surface area contributed by atoms with Crippen molar-refractivity contribution in [3.05, 3.63) is 0 Å². The number of unbranched alkanes of at least 4 members (excludes halogenated alkanes) is 3. The fraction of sp³-hybridized carbons (Fsp3) is 0.882. The van der Waals surface area contributed by atoms with E-state index in [0.29, 0.717) is 19.7 Å². The van der Waals surface area contributed by atoms with Crippen LogP contribution in [0.2, 0.25) is 0 Å². The van der Waals surface area contributed by atoms with Crippen molar-refractivity contribution in [2.45, 2.75) is 58.2 Å². The van der Waals surface area contributed by atoms with E-state index in [2.05, 4.69) is 10.2 Å². The van der Waals surface area contributed by atoms with Crippen LogP contribution >= 0.6 is 0 Å². The Labute approximate surface area is 145 Å². The van der Waals surface area contributed by atoms with Gasteiger partial charge in [-0.05, 0) is 40.2 Å². The number of rotatable bonds is 8. The number of alkyl carbamates (subject to hydrolysis) is 1. The lowest BCUT2D eigenvalue weighted by atomic mass is 10.1. The molecule has 0 aromatic rings. The van der Waals surface area contributed by atoms with Gasteiger partial charge < -0.3 is 19.5 Å². The second-order valence-electron chi connectivity index (χ2n) is 7.03. The number of amides is 1. The van der Waals surface area contributed by atoms with Gasteiger partial charge in [0.15, 0.2) is 6.10 Å². The first-order chi connectivity index (χ1) is 11.3. The molecule has 1 heterocycles. The van der Waals surface area contributed by atoms with Crippen molar-refractivity contribution >= 4 is 12.1 Å². The topological polar surface area (TPSA) is 77.1 Å². The molecule has 0 spiro atoms. The van der Waals surface area contributed by atoms with Gasteiger partial charge in [0, 0.05) is 19.6 Å². The molecule has 1 unspecified atom stereocenters. The molecule has 0 aromatic heterocycles. The van der Waals surface area contributed by atoms with E-state index in [1.54, 1.807) is 0 Å². The highest BCUT2D eigenvalue weighted by Gasteiger charge is 2.26. The summed E-state index contributed by atoms with van der Waals surface area (Å²) in [6, 6.07) is 0. The van der Waals surface area contributed by atoms with Crippen LogP contribution in [-0.4, -0.2) is 68.6 Å². The Morgan fingerprint density at radius 1 is 1.21 bits per heavy atom. The standard InChI is InChI=1S/C17H32N2O5/c1-17(2,3)24-16(21)18-9-7-5-6-8-10-19-11-12-23-14(13-19)15(20)22-4/h14H,5-13H2,1-4H3,(H,18,21). The molecular weight excluding hydrogens is 312 g/mol. The zero-order valence-corrected chi connectivity index (χ0v) is 15.4. The van der Waals surface area contributed by atoms with Gasteiger partial charge in [-0.3, -0.25) is 4.90 Å². The lowest BCUT2D eigenvalue weighted by Gasteiger charge is -2.31. The van der Waals surface area contributed by atoms with Gasteiger partial charge in [-0.2, -0.15) is 0 Å². The zero-order chi connectivity index (χ0) is 18.0. The second kappa shape index (κ2) is 10.5. The van der Waals surface area contributed by atoms with Crippen LogP contribution < -0.4 is 5.32 Å². The summed E-state index contributed by atoms with van der Waals surface area (Å²) in [5.41, 5.74) is -0.454. The van der Waals surface area contributed by atoms with Crippen molar-refractivity contribution in [2.24, 2.45) is 0 Å². The first-order valence-corrected chi connectivity index (χ1v) is 8.70. The molecule has 0 aromatic carbocycles. The van der Waals surface area contributed by atoms with E-state index in [9.17, 15) is 9.59 Å². The van der Waals surface area contributed by atoms with Gasteiger partial charge in [-0.1, -0.05) is 12.8 Å². The monoisotopic (exact) mass is 344 g/mol. The van der Waals surface area contributed by atoms with Gasteiger partial charge >= 0.3 is 12.1 Å². The lowest BCUT2D eigenvalue weighted by Crippen LogP contribution is -2.46. The third-order valence-electron chi connectivity index (χ3n) is 3.68. The second-order valence-corrected chi connectivity index (χ2v) is 7.03. The third-order valence-corrected chi connectivity index (χ3v) is 3.68. The summed E-state index contributed by atoms with van der Waals surface area (Å²) in [7, 11) is 1.38. The van der Waals surface area contributed by atoms with Crippen LogP contribution in [0.5, 0.6) is 0 Å². The van der Waals surface area contributed by atoms with Crippen LogP contribution in [0.4, 0.5) is 4.79 Å². The van der Waals surface area contributed by atoms with Crippen LogP contribution in [-0.2, 0) is 19.0 Å². The molecule has 1 aliphatic rings. The minimum absolute atomic E-state index is 0.298. The number of hydrogen-bond donors (Lipinski definition) is 1. The van der Waals surface area contributed by atoms with Gasteiger partial charge in [-0.15, -0.1) is 0 Å². The number of hydrogen-bond acceptors (Lipinski definition) is 6. The molecule has 0 bridgehead atoms. The highest BCUT2D eigenvalue weighted by atomic mass is 16.6. The number of methoxy groups -OCH3 is 1. The molecule has 1 N–H and O–H groups in total. The predicted molar refractivity (Wildman–Crippen MR) is 90.9 cm³/mol. The van der Waals surface area contributed by atoms with Gasteiger partial charge in [0.2, 0.25) is 0 Å². The summed E-state index contributed by atoms with van der Waals surface area (Å²) in [5.74, 6) is -0.298. The molecule has 0 radical (unpaired) electrons. The molecule has 1 atom stereocenters. The summed E-state index contributed by atoms with van der Waals surface area (Å²) >= 11 is 0. The smallest absolute Gasteiger partial charge is 0.407 e. The Bertz CT molecular complexity index is 395. The number of carbonyl (C=O) groups is 2. The van der Waals surface area contributed by atoms with Crippen LogP contribution in [0.15, 0.2) is 0 Å². The fourth-order valence-corrected chi connectivity index (χ4v) is 2.50. The Hall–Kier alpha value is -1.34. The van der Waals surface area contributed by atoms with E-state index in [1.165, 1.54) is 7.11 Å². The highest BCUT2D eigenvalue weighted by molar-refractivity contribution is 5.74. The summed E-state index contributed by atoms with van der Waals surface area (Å²) in [6.45, 7) is 9.17. The molecule has 1 rings (SSSR count). The van der Waals surface area contributed by atoms with E-state index in [0.717, 1.165) is 38.8 Å². The molecule has 1 amide bonds. The van der Waals surface area contributed by atoms with Crippen molar-refractivity contribution in [1.82, 2.24) is 10.2 Å². The summed E-state index contributed by atoms with van der Waals surface area (Å²) in [5, 5.41) is 2.76. The molecule has 0 saturated carbocycles. The minimum Gasteiger partial charge on any atom is -0.467 e. The minimum atomic E-state index is -0.457. The average Bonchev–Trinajstić information content (AvgIpc) is 2.51. The molecule has 1 fully saturated rings. The van der Waals surface area contributed by atoms with Gasteiger partial charge in [0.25, 0.3) is 0 Å². The number of nitrogens with one attached hydrogen (secondary N) is 1. The molecule has 140 valence electrons. The first-order valence-electron chi connectivity index (χ1n) is 8.70. The highest BCUT2D eigenvalue weighted by Crippen LogP contribution is 2.09. The fourth-order valence-electron chi connectivity index (χ4n) is 2.50. The quantitative estimate of drug-likeness (QED) is 0.536. The summed E-state index contributed by atoms with van der Waals surface area (Å²) in [6.07, 6.45) is 3.34. The Morgan fingerprint density at radius 3 is 2.58 bits per heavy atom. The molecular formula is C17H32N2O5.